The normalized spacial score (nSPS) is 11.0. The number of aromatic nitrogens is 1. The summed E-state index contributed by atoms with van der Waals surface area (Å²) in [5, 5.41) is 15.9. The highest BCUT2D eigenvalue weighted by Crippen LogP contribution is 2.29. The van der Waals surface area contributed by atoms with Gasteiger partial charge in [0.1, 0.15) is 12.0 Å². The molecule has 132 valence electrons. The van der Waals surface area contributed by atoms with Gasteiger partial charge < -0.3 is 10.6 Å². The lowest BCUT2D eigenvalue weighted by Gasteiger charge is -2.09. The molecule has 2 N–H and O–H groups in total. The van der Waals surface area contributed by atoms with Crippen LogP contribution in [0.1, 0.15) is 15.9 Å². The quantitative estimate of drug-likeness (QED) is 0.472. The third-order valence-electron chi connectivity index (χ3n) is 3.15. The summed E-state index contributed by atoms with van der Waals surface area (Å²) >= 11 is 0. The second-order valence-electron chi connectivity index (χ2n) is 4.92. The first-order valence-electron chi connectivity index (χ1n) is 7.07. The number of hydrogen-bond acceptors (Lipinski definition) is 5. The molecule has 10 heteroatoms. The first-order valence-corrected chi connectivity index (χ1v) is 7.07. The predicted octanol–water partition coefficient (Wildman–Crippen LogP) is 2.85. The molecular weight excluding hydrogens is 341 g/mol. The van der Waals surface area contributed by atoms with E-state index >= 15 is 0 Å². The van der Waals surface area contributed by atoms with E-state index in [-0.39, 0.29) is 24.3 Å². The zero-order valence-electron chi connectivity index (χ0n) is 12.7. The summed E-state index contributed by atoms with van der Waals surface area (Å²) in [6.45, 7) is 0.482. The Morgan fingerprint density at radius 2 is 1.80 bits per heavy atom. The van der Waals surface area contributed by atoms with Crippen LogP contribution in [0.3, 0.4) is 0 Å². The minimum Gasteiger partial charge on any atom is -0.368 e. The number of benzene rings is 1. The van der Waals surface area contributed by atoms with Gasteiger partial charge in [-0.3, -0.25) is 14.9 Å². The topological polar surface area (TPSA) is 97.2 Å². The van der Waals surface area contributed by atoms with E-state index in [4.69, 9.17) is 0 Å². The van der Waals surface area contributed by atoms with E-state index in [0.29, 0.717) is 5.82 Å². The predicted molar refractivity (Wildman–Crippen MR) is 83.2 cm³/mol. The average molecular weight is 354 g/mol. The number of alkyl halides is 3. The Kier molecular flexibility index (Phi) is 5.52. The number of amides is 1. The average Bonchev–Trinajstić information content (AvgIpc) is 2.58. The highest BCUT2D eigenvalue weighted by molar-refractivity contribution is 5.94. The summed E-state index contributed by atoms with van der Waals surface area (Å²) in [7, 11) is 0. The van der Waals surface area contributed by atoms with Crippen LogP contribution in [0.4, 0.5) is 24.7 Å². The van der Waals surface area contributed by atoms with Crippen LogP contribution in [-0.4, -0.2) is 28.9 Å². The second kappa shape index (κ2) is 7.60. The first-order chi connectivity index (χ1) is 11.8. The Morgan fingerprint density at radius 3 is 2.32 bits per heavy atom. The maximum Gasteiger partial charge on any atom is 0.416 e. The smallest absolute Gasteiger partial charge is 0.368 e. The number of pyridine rings is 1. The summed E-state index contributed by atoms with van der Waals surface area (Å²) in [5.41, 5.74) is -0.849. The maximum atomic E-state index is 12.4. The van der Waals surface area contributed by atoms with Crippen molar-refractivity contribution >= 4 is 17.4 Å². The molecule has 7 nitrogen and oxygen atoms in total. The fraction of sp³-hybridized carbons (Fsp3) is 0.200. The first kappa shape index (κ1) is 18.2. The van der Waals surface area contributed by atoms with Crippen molar-refractivity contribution in [2.45, 2.75) is 6.18 Å². The fourth-order valence-corrected chi connectivity index (χ4v) is 1.88. The summed E-state index contributed by atoms with van der Waals surface area (Å²) in [6, 6.07) is 6.60. The number of nitrogens with one attached hydrogen (secondary N) is 2. The molecule has 0 aliphatic rings. The van der Waals surface area contributed by atoms with E-state index in [2.05, 4.69) is 15.6 Å². The third kappa shape index (κ3) is 5.16. The van der Waals surface area contributed by atoms with Crippen LogP contribution in [0, 0.1) is 10.1 Å². The second-order valence-corrected chi connectivity index (χ2v) is 4.92. The summed E-state index contributed by atoms with van der Waals surface area (Å²) < 4.78 is 37.3. The molecule has 0 fully saturated rings. The standard InChI is InChI=1S/C15H13F3N4O3/c16-15(17,18)11-3-1-10(2-4-11)14(23)20-8-7-19-13-6-5-12(9-21-13)22(24)25/h1-6,9H,7-8H2,(H,19,21)(H,20,23). The molecule has 25 heavy (non-hydrogen) atoms. The lowest BCUT2D eigenvalue weighted by molar-refractivity contribution is -0.385. The largest absolute Gasteiger partial charge is 0.416 e. The number of carbonyl (C=O) groups excluding carboxylic acids is 1. The maximum absolute atomic E-state index is 12.4. The van der Waals surface area contributed by atoms with Crippen molar-refractivity contribution in [2.75, 3.05) is 18.4 Å². The lowest BCUT2D eigenvalue weighted by atomic mass is 10.1. The van der Waals surface area contributed by atoms with Crippen molar-refractivity contribution in [1.29, 1.82) is 0 Å². The zero-order valence-corrected chi connectivity index (χ0v) is 12.7. The molecule has 0 bridgehead atoms. The minimum absolute atomic E-state index is 0.112. The Morgan fingerprint density at radius 1 is 1.12 bits per heavy atom. The lowest BCUT2D eigenvalue weighted by Crippen LogP contribution is -2.28. The number of hydrogen-bond donors (Lipinski definition) is 2. The number of halogens is 3. The van der Waals surface area contributed by atoms with Gasteiger partial charge in [0.2, 0.25) is 0 Å². The molecule has 1 heterocycles. The summed E-state index contributed by atoms with van der Waals surface area (Å²) in [4.78, 5) is 25.6. The number of rotatable bonds is 6. The van der Waals surface area contributed by atoms with Crippen LogP contribution < -0.4 is 10.6 Å². The van der Waals surface area contributed by atoms with Crippen molar-refractivity contribution in [3.8, 4) is 0 Å². The van der Waals surface area contributed by atoms with Crippen molar-refractivity contribution in [1.82, 2.24) is 10.3 Å². The molecule has 0 saturated heterocycles. The highest BCUT2D eigenvalue weighted by Gasteiger charge is 2.30. The highest BCUT2D eigenvalue weighted by atomic mass is 19.4. The van der Waals surface area contributed by atoms with Crippen molar-refractivity contribution < 1.29 is 22.9 Å². The molecule has 0 atom stereocenters. The van der Waals surface area contributed by atoms with E-state index in [1.807, 2.05) is 0 Å². The van der Waals surface area contributed by atoms with Crippen molar-refractivity contribution in [3.05, 3.63) is 63.8 Å². The van der Waals surface area contributed by atoms with Crippen LogP contribution in [-0.2, 0) is 6.18 Å². The van der Waals surface area contributed by atoms with E-state index in [1.165, 1.54) is 12.1 Å². The van der Waals surface area contributed by atoms with Gasteiger partial charge in [0, 0.05) is 24.7 Å². The molecule has 0 unspecified atom stereocenters. The Bertz CT molecular complexity index is 746. The monoisotopic (exact) mass is 354 g/mol. The van der Waals surface area contributed by atoms with E-state index in [0.717, 1.165) is 30.5 Å². The zero-order chi connectivity index (χ0) is 18.4. The van der Waals surface area contributed by atoms with Gasteiger partial charge in [-0.15, -0.1) is 0 Å². The Labute approximate surface area is 140 Å². The molecule has 2 rings (SSSR count). The molecule has 0 spiro atoms. The van der Waals surface area contributed by atoms with Crippen LogP contribution in [0.15, 0.2) is 42.6 Å². The number of nitro groups is 1. The van der Waals surface area contributed by atoms with Gasteiger partial charge in [-0.1, -0.05) is 0 Å². The van der Waals surface area contributed by atoms with Crippen molar-refractivity contribution in [2.24, 2.45) is 0 Å². The Hall–Kier alpha value is -3.17. The molecule has 0 aliphatic carbocycles. The van der Waals surface area contributed by atoms with E-state index < -0.39 is 22.6 Å². The van der Waals surface area contributed by atoms with Gasteiger partial charge in [-0.25, -0.2) is 4.98 Å². The molecular formula is C15H13F3N4O3. The van der Waals surface area contributed by atoms with Crippen LogP contribution in [0.2, 0.25) is 0 Å². The van der Waals surface area contributed by atoms with E-state index in [9.17, 15) is 28.1 Å². The van der Waals surface area contributed by atoms with Gasteiger partial charge in [0.25, 0.3) is 11.6 Å². The fourth-order valence-electron chi connectivity index (χ4n) is 1.88. The number of nitrogens with zero attached hydrogens (tertiary/aromatic N) is 2. The Balaban J connectivity index is 1.79. The molecule has 1 aromatic heterocycles. The third-order valence-corrected chi connectivity index (χ3v) is 3.15. The SMILES string of the molecule is O=C(NCCNc1ccc([N+](=O)[O-])cn1)c1ccc(C(F)(F)F)cc1. The molecule has 0 saturated carbocycles. The number of anilines is 1. The van der Waals surface area contributed by atoms with E-state index in [1.54, 1.807) is 0 Å². The molecule has 1 aromatic carbocycles. The summed E-state index contributed by atoms with van der Waals surface area (Å²) in [6.07, 6.45) is -3.35. The summed E-state index contributed by atoms with van der Waals surface area (Å²) in [5.74, 6) is -0.110. The molecule has 0 radical (unpaired) electrons. The molecule has 2 aromatic rings. The van der Waals surface area contributed by atoms with Gasteiger partial charge in [-0.05, 0) is 30.3 Å². The van der Waals surface area contributed by atoms with Gasteiger partial charge >= 0.3 is 6.18 Å². The van der Waals surface area contributed by atoms with Crippen LogP contribution in [0.5, 0.6) is 0 Å². The van der Waals surface area contributed by atoms with Crippen LogP contribution >= 0.6 is 0 Å². The van der Waals surface area contributed by atoms with Crippen molar-refractivity contribution in [3.63, 3.8) is 0 Å². The van der Waals surface area contributed by atoms with Gasteiger partial charge in [0.05, 0.1) is 10.5 Å². The minimum atomic E-state index is -4.45. The number of carbonyl (C=O) groups is 1. The van der Waals surface area contributed by atoms with Gasteiger partial charge in [-0.2, -0.15) is 13.2 Å². The molecule has 1 amide bonds. The van der Waals surface area contributed by atoms with Crippen LogP contribution in [0.25, 0.3) is 0 Å². The molecule has 0 aliphatic heterocycles. The van der Waals surface area contributed by atoms with Gasteiger partial charge in [0.15, 0.2) is 0 Å².